The zero-order chi connectivity index (χ0) is 22.2. The molecular weight excluding hydrogens is 404 g/mol. The first-order valence-corrected chi connectivity index (χ1v) is 10.8. The highest BCUT2D eigenvalue weighted by Crippen LogP contribution is 2.32. The van der Waals surface area contributed by atoms with Gasteiger partial charge in [0, 0.05) is 30.3 Å². The van der Waals surface area contributed by atoms with Crippen LogP contribution in [0.3, 0.4) is 0 Å². The van der Waals surface area contributed by atoms with Crippen LogP contribution in [0.2, 0.25) is 0 Å². The number of hydrogen-bond acceptors (Lipinski definition) is 5. The first-order valence-electron chi connectivity index (χ1n) is 10.8. The van der Waals surface area contributed by atoms with E-state index in [1.165, 1.54) is 11.1 Å². The lowest BCUT2D eigenvalue weighted by atomic mass is 9.84. The molecule has 0 radical (unpaired) electrons. The summed E-state index contributed by atoms with van der Waals surface area (Å²) < 4.78 is 5.46. The number of carboxylic acids is 1. The second-order valence-electron chi connectivity index (χ2n) is 7.92. The summed E-state index contributed by atoms with van der Waals surface area (Å²) in [6, 6.07) is 19.9. The Hall–Kier alpha value is -3.67. The Kier molecular flexibility index (Phi) is 7.12. The molecule has 164 valence electrons. The summed E-state index contributed by atoms with van der Waals surface area (Å²) in [5.74, 6) is 0.0411. The second kappa shape index (κ2) is 10.6. The highest BCUT2D eigenvalue weighted by atomic mass is 16.6. The van der Waals surface area contributed by atoms with Gasteiger partial charge in [-0.15, -0.1) is 0 Å². The summed E-state index contributed by atoms with van der Waals surface area (Å²) in [6.45, 7) is 0.203. The molecule has 2 aromatic carbocycles. The molecule has 1 atom stereocenters. The van der Waals surface area contributed by atoms with E-state index in [1.54, 1.807) is 12.4 Å². The molecule has 1 aliphatic carbocycles. The molecule has 1 aliphatic rings. The normalized spacial score (nSPS) is 15.6. The Morgan fingerprint density at radius 2 is 1.97 bits per heavy atom. The Balaban J connectivity index is 1.41. The number of pyridine rings is 1. The monoisotopic (exact) mass is 430 g/mol. The van der Waals surface area contributed by atoms with Gasteiger partial charge in [-0.2, -0.15) is 0 Å². The number of oxime groups is 1. The lowest BCUT2D eigenvalue weighted by molar-refractivity contribution is -0.139. The zero-order valence-corrected chi connectivity index (χ0v) is 17.8. The minimum absolute atomic E-state index is 0.323. The van der Waals surface area contributed by atoms with Crippen molar-refractivity contribution in [3.63, 3.8) is 0 Å². The summed E-state index contributed by atoms with van der Waals surface area (Å²) in [4.78, 5) is 20.9. The van der Waals surface area contributed by atoms with Crippen LogP contribution in [0.1, 0.15) is 28.7 Å². The van der Waals surface area contributed by atoms with Crippen molar-refractivity contribution in [3.8, 4) is 5.75 Å². The number of carboxylic acid groups (broad SMARTS) is 1. The van der Waals surface area contributed by atoms with Crippen molar-refractivity contribution in [2.24, 2.45) is 11.1 Å². The number of rotatable bonds is 9. The molecule has 0 saturated carbocycles. The molecule has 0 fully saturated rings. The molecule has 0 bridgehead atoms. The average molecular weight is 431 g/mol. The van der Waals surface area contributed by atoms with Crippen molar-refractivity contribution in [1.82, 2.24) is 4.98 Å². The van der Waals surface area contributed by atoms with E-state index in [9.17, 15) is 4.79 Å². The van der Waals surface area contributed by atoms with Gasteiger partial charge in [0.1, 0.15) is 12.4 Å². The number of hydrogen-bond donors (Lipinski definition) is 1. The summed E-state index contributed by atoms with van der Waals surface area (Å²) in [6.07, 6.45) is 6.86. The van der Waals surface area contributed by atoms with Crippen LogP contribution in [-0.4, -0.2) is 35.0 Å². The molecule has 32 heavy (non-hydrogen) atoms. The minimum atomic E-state index is -0.970. The van der Waals surface area contributed by atoms with Gasteiger partial charge < -0.3 is 14.7 Å². The lowest BCUT2D eigenvalue weighted by Crippen LogP contribution is -2.20. The number of aromatic nitrogens is 1. The maximum absolute atomic E-state index is 10.8. The van der Waals surface area contributed by atoms with Gasteiger partial charge in [0.05, 0.1) is 5.71 Å². The number of nitrogens with zero attached hydrogens (tertiary/aromatic N) is 2. The van der Waals surface area contributed by atoms with Crippen molar-refractivity contribution < 1.29 is 19.5 Å². The van der Waals surface area contributed by atoms with E-state index < -0.39 is 5.97 Å². The Labute approximate surface area is 187 Å². The van der Waals surface area contributed by atoms with Gasteiger partial charge in [-0.1, -0.05) is 47.6 Å². The molecule has 1 unspecified atom stereocenters. The molecule has 6 heteroatoms. The van der Waals surface area contributed by atoms with Crippen LogP contribution in [0.15, 0.2) is 78.2 Å². The molecule has 6 nitrogen and oxygen atoms in total. The first kappa shape index (κ1) is 21.6. The topological polar surface area (TPSA) is 81.0 Å². The van der Waals surface area contributed by atoms with Gasteiger partial charge in [-0.25, -0.2) is 4.79 Å². The first-order chi connectivity index (χ1) is 15.7. The lowest BCUT2D eigenvalue weighted by Gasteiger charge is -2.25. The second-order valence-corrected chi connectivity index (χ2v) is 7.92. The number of ether oxygens (including phenoxy) is 1. The highest BCUT2D eigenvalue weighted by Gasteiger charge is 2.22. The van der Waals surface area contributed by atoms with Gasteiger partial charge in [0.2, 0.25) is 0 Å². The third-order valence-electron chi connectivity index (χ3n) is 5.59. The Morgan fingerprint density at radius 3 is 2.75 bits per heavy atom. The molecule has 0 spiro atoms. The van der Waals surface area contributed by atoms with E-state index in [1.807, 2.05) is 42.5 Å². The van der Waals surface area contributed by atoms with Crippen molar-refractivity contribution in [3.05, 3.63) is 95.3 Å². The van der Waals surface area contributed by atoms with Crippen molar-refractivity contribution >= 4 is 11.7 Å². The smallest absolute Gasteiger partial charge is 0.341 e. The van der Waals surface area contributed by atoms with Crippen molar-refractivity contribution in [2.75, 3.05) is 13.2 Å². The number of benzene rings is 2. The maximum atomic E-state index is 10.8. The molecule has 0 aliphatic heterocycles. The van der Waals surface area contributed by atoms with E-state index in [2.05, 4.69) is 28.3 Å². The van der Waals surface area contributed by atoms with Crippen LogP contribution in [-0.2, 0) is 28.9 Å². The maximum Gasteiger partial charge on any atom is 0.341 e. The molecule has 1 aromatic heterocycles. The fourth-order valence-electron chi connectivity index (χ4n) is 3.99. The van der Waals surface area contributed by atoms with E-state index >= 15 is 0 Å². The minimum Gasteiger partial charge on any atom is -0.482 e. The van der Waals surface area contributed by atoms with Gasteiger partial charge in [0.25, 0.3) is 0 Å². The summed E-state index contributed by atoms with van der Waals surface area (Å²) in [5.41, 5.74) is 5.26. The fourth-order valence-corrected chi connectivity index (χ4v) is 3.99. The molecule has 4 rings (SSSR count). The average Bonchev–Trinajstić information content (AvgIpc) is 2.83. The van der Waals surface area contributed by atoms with E-state index in [4.69, 9.17) is 14.7 Å². The van der Waals surface area contributed by atoms with Gasteiger partial charge in [-0.05, 0) is 54.2 Å². The molecule has 0 saturated heterocycles. The van der Waals surface area contributed by atoms with Gasteiger partial charge in [-0.3, -0.25) is 4.98 Å². The van der Waals surface area contributed by atoms with E-state index in [-0.39, 0.29) is 6.61 Å². The molecular formula is C26H26N2O4. The van der Waals surface area contributed by atoms with Crippen LogP contribution in [0.25, 0.3) is 0 Å². The largest absolute Gasteiger partial charge is 0.482 e. The standard InChI is InChI=1S/C26H26N2O4/c29-26(30)18-31-25-10-4-8-21-14-20(11-12-23(21)25)17-32-28-24(22-9-5-13-27-16-22)15-19-6-2-1-3-7-19/h1-10,13,16,20H,11-12,14-15,17-18H2,(H,29,30)/b28-24-. The molecule has 0 amide bonds. The molecule has 1 heterocycles. The summed E-state index contributed by atoms with van der Waals surface area (Å²) in [5, 5.41) is 13.4. The van der Waals surface area contributed by atoms with Crippen molar-refractivity contribution in [2.45, 2.75) is 25.7 Å². The molecule has 3 aromatic rings. The van der Waals surface area contributed by atoms with Crippen LogP contribution < -0.4 is 4.74 Å². The Bertz CT molecular complexity index is 1070. The third kappa shape index (κ3) is 5.72. The third-order valence-corrected chi connectivity index (χ3v) is 5.59. The quantitative estimate of drug-likeness (QED) is 0.404. The van der Waals surface area contributed by atoms with Gasteiger partial charge in [0.15, 0.2) is 6.61 Å². The summed E-state index contributed by atoms with van der Waals surface area (Å²) >= 11 is 0. The van der Waals surface area contributed by atoms with E-state index in [0.29, 0.717) is 24.7 Å². The number of fused-ring (bicyclic) bond motifs is 1. The van der Waals surface area contributed by atoms with Gasteiger partial charge >= 0.3 is 5.97 Å². The van der Waals surface area contributed by atoms with Crippen LogP contribution in [0, 0.1) is 5.92 Å². The van der Waals surface area contributed by atoms with Crippen LogP contribution in [0.5, 0.6) is 5.75 Å². The van der Waals surface area contributed by atoms with Crippen molar-refractivity contribution in [1.29, 1.82) is 0 Å². The fraction of sp³-hybridized carbons (Fsp3) is 0.269. The Morgan fingerprint density at radius 1 is 1.09 bits per heavy atom. The SMILES string of the molecule is O=C(O)COc1cccc2c1CCC(CO/N=C(/Cc1ccccc1)c1cccnc1)C2. The zero-order valence-electron chi connectivity index (χ0n) is 17.8. The van der Waals surface area contributed by atoms with Crippen LogP contribution >= 0.6 is 0 Å². The predicted molar refractivity (Wildman–Crippen MR) is 122 cm³/mol. The summed E-state index contributed by atoms with van der Waals surface area (Å²) in [7, 11) is 0. The van der Waals surface area contributed by atoms with Crippen LogP contribution in [0.4, 0.5) is 0 Å². The van der Waals surface area contributed by atoms with E-state index in [0.717, 1.165) is 36.1 Å². The number of aliphatic carboxylic acids is 1. The highest BCUT2D eigenvalue weighted by molar-refractivity contribution is 6.01. The molecule has 1 N–H and O–H groups in total. The predicted octanol–water partition coefficient (Wildman–Crippen LogP) is 4.31. The number of carbonyl (C=O) groups is 1.